The Labute approximate surface area is 106 Å². The molecule has 1 fully saturated rings. The van der Waals surface area contributed by atoms with Crippen LogP contribution in [0, 0.1) is 11.2 Å². The van der Waals surface area contributed by atoms with Gasteiger partial charge in [-0.25, -0.2) is 9.37 Å². The molecule has 1 saturated heterocycles. The van der Waals surface area contributed by atoms with Crippen LogP contribution in [-0.2, 0) is 0 Å². The third-order valence-electron chi connectivity index (χ3n) is 3.58. The number of benzene rings is 1. The van der Waals surface area contributed by atoms with Crippen molar-refractivity contribution >= 4 is 0 Å². The van der Waals surface area contributed by atoms with Gasteiger partial charge in [-0.05, 0) is 29.7 Å². The van der Waals surface area contributed by atoms with Crippen molar-refractivity contribution in [2.24, 2.45) is 5.41 Å². The van der Waals surface area contributed by atoms with E-state index in [0.717, 1.165) is 18.1 Å². The summed E-state index contributed by atoms with van der Waals surface area (Å²) in [5.74, 6) is 0.764. The quantitative estimate of drug-likeness (QED) is 0.881. The topological polar surface area (TPSA) is 29.9 Å². The van der Waals surface area contributed by atoms with Gasteiger partial charge >= 0.3 is 0 Å². The monoisotopic (exact) mass is 245 g/mol. The first-order valence-electron chi connectivity index (χ1n) is 6.10. The van der Waals surface area contributed by atoms with E-state index in [4.69, 9.17) is 0 Å². The average Bonchev–Trinajstić information content (AvgIpc) is 2.77. The van der Waals surface area contributed by atoms with Crippen LogP contribution in [0.5, 0.6) is 0 Å². The molecule has 0 unspecified atom stereocenters. The fraction of sp³-hybridized carbons (Fsp3) is 0.357. The van der Waals surface area contributed by atoms with Gasteiger partial charge in [0.05, 0.1) is 6.04 Å². The third-order valence-corrected chi connectivity index (χ3v) is 3.58. The molecule has 1 aromatic carbocycles. The second-order valence-corrected chi connectivity index (χ2v) is 5.43. The van der Waals surface area contributed by atoms with Gasteiger partial charge in [0.15, 0.2) is 0 Å². The Hall–Kier alpha value is -1.68. The summed E-state index contributed by atoms with van der Waals surface area (Å²) >= 11 is 0. The molecule has 2 aromatic rings. The van der Waals surface area contributed by atoms with Gasteiger partial charge in [0, 0.05) is 24.6 Å². The van der Waals surface area contributed by atoms with E-state index in [9.17, 15) is 4.39 Å². The maximum atomic E-state index is 13.0. The molecule has 1 aromatic heterocycles. The molecule has 0 aliphatic carbocycles. The molecule has 0 spiro atoms. The fourth-order valence-corrected chi connectivity index (χ4v) is 2.40. The van der Waals surface area contributed by atoms with Crippen LogP contribution in [0.4, 0.5) is 4.39 Å². The van der Waals surface area contributed by atoms with E-state index in [1.165, 1.54) is 12.1 Å². The molecule has 4 heteroatoms. The average molecular weight is 245 g/mol. The largest absolute Gasteiger partial charge is 0.306 e. The van der Waals surface area contributed by atoms with E-state index in [0.29, 0.717) is 0 Å². The minimum absolute atomic E-state index is 0.211. The number of hydrogen-bond acceptors (Lipinski definition) is 2. The van der Waals surface area contributed by atoms with E-state index < -0.39 is 0 Å². The van der Waals surface area contributed by atoms with Gasteiger partial charge < -0.3 is 9.88 Å². The number of aromatic nitrogens is 2. The summed E-state index contributed by atoms with van der Waals surface area (Å²) in [5, 5.41) is 3.40. The van der Waals surface area contributed by atoms with Crippen LogP contribution in [0.25, 0.3) is 5.69 Å². The molecule has 0 amide bonds. The Morgan fingerprint density at radius 1 is 1.33 bits per heavy atom. The summed E-state index contributed by atoms with van der Waals surface area (Å²) in [6.07, 6.45) is 3.70. The minimum Gasteiger partial charge on any atom is -0.306 e. The van der Waals surface area contributed by atoms with Crippen LogP contribution >= 0.6 is 0 Å². The van der Waals surface area contributed by atoms with Crippen molar-refractivity contribution < 1.29 is 4.39 Å². The Kier molecular flexibility index (Phi) is 2.48. The number of hydrogen-bond donors (Lipinski definition) is 1. The van der Waals surface area contributed by atoms with Crippen molar-refractivity contribution in [1.29, 1.82) is 0 Å². The van der Waals surface area contributed by atoms with E-state index in [2.05, 4.69) is 24.1 Å². The number of halogens is 1. The van der Waals surface area contributed by atoms with E-state index in [-0.39, 0.29) is 17.3 Å². The highest BCUT2D eigenvalue weighted by molar-refractivity contribution is 5.34. The third kappa shape index (κ3) is 1.73. The molecule has 18 heavy (non-hydrogen) atoms. The fourth-order valence-electron chi connectivity index (χ4n) is 2.40. The van der Waals surface area contributed by atoms with Crippen LogP contribution in [-0.4, -0.2) is 16.1 Å². The highest BCUT2D eigenvalue weighted by Crippen LogP contribution is 2.39. The number of nitrogens with one attached hydrogen (secondary N) is 1. The van der Waals surface area contributed by atoms with Crippen molar-refractivity contribution in [2.75, 3.05) is 6.54 Å². The molecular formula is C14H16FN3. The van der Waals surface area contributed by atoms with Crippen molar-refractivity contribution in [3.63, 3.8) is 0 Å². The first-order valence-corrected chi connectivity index (χ1v) is 6.10. The molecule has 0 bridgehead atoms. The predicted molar refractivity (Wildman–Crippen MR) is 68.0 cm³/mol. The lowest BCUT2D eigenvalue weighted by molar-refractivity contribution is 0.119. The predicted octanol–water partition coefficient (Wildman–Crippen LogP) is 2.68. The normalized spacial score (nSPS) is 21.6. The minimum atomic E-state index is -0.220. The van der Waals surface area contributed by atoms with Gasteiger partial charge in [0.25, 0.3) is 0 Å². The van der Waals surface area contributed by atoms with Gasteiger partial charge in [0.1, 0.15) is 11.6 Å². The number of nitrogens with zero attached hydrogens (tertiary/aromatic N) is 2. The Bertz CT molecular complexity index is 557. The van der Waals surface area contributed by atoms with E-state index in [1.807, 2.05) is 10.8 Å². The van der Waals surface area contributed by atoms with Crippen molar-refractivity contribution in [1.82, 2.24) is 14.9 Å². The first kappa shape index (κ1) is 11.4. The summed E-state index contributed by atoms with van der Waals surface area (Å²) in [6, 6.07) is 6.73. The Balaban J connectivity index is 1.99. The molecule has 3 nitrogen and oxygen atoms in total. The maximum Gasteiger partial charge on any atom is 0.131 e. The smallest absolute Gasteiger partial charge is 0.131 e. The van der Waals surface area contributed by atoms with E-state index >= 15 is 0 Å². The summed E-state index contributed by atoms with van der Waals surface area (Å²) in [6.45, 7) is 5.43. The highest BCUT2D eigenvalue weighted by atomic mass is 19.1. The molecule has 1 N–H and O–H groups in total. The van der Waals surface area contributed by atoms with Crippen molar-refractivity contribution in [2.45, 2.75) is 19.9 Å². The first-order chi connectivity index (χ1) is 8.58. The molecule has 2 heterocycles. The second kappa shape index (κ2) is 3.92. The zero-order chi connectivity index (χ0) is 12.8. The van der Waals surface area contributed by atoms with Crippen molar-refractivity contribution in [3.05, 3.63) is 48.3 Å². The lowest BCUT2D eigenvalue weighted by Crippen LogP contribution is -2.53. The van der Waals surface area contributed by atoms with Gasteiger partial charge in [-0.15, -0.1) is 0 Å². The van der Waals surface area contributed by atoms with Crippen LogP contribution < -0.4 is 5.32 Å². The molecular weight excluding hydrogens is 229 g/mol. The summed E-state index contributed by atoms with van der Waals surface area (Å²) in [4.78, 5) is 4.44. The zero-order valence-electron chi connectivity index (χ0n) is 10.5. The summed E-state index contributed by atoms with van der Waals surface area (Å²) in [7, 11) is 0. The standard InChI is InChI=1S/C14H16FN3/c1-14(2)9-17-12(14)13-16-7-8-18(13)11-5-3-10(15)4-6-11/h3-8,12,17H,9H2,1-2H3/t12-/m1/s1. The lowest BCUT2D eigenvalue weighted by Gasteiger charge is -2.45. The molecule has 3 rings (SSSR count). The van der Waals surface area contributed by atoms with Crippen LogP contribution in [0.2, 0.25) is 0 Å². The SMILES string of the molecule is CC1(C)CN[C@@H]1c1nccn1-c1ccc(F)cc1. The number of rotatable bonds is 2. The van der Waals surface area contributed by atoms with Gasteiger partial charge in [-0.1, -0.05) is 13.8 Å². The van der Waals surface area contributed by atoms with Crippen LogP contribution in [0.15, 0.2) is 36.7 Å². The Morgan fingerprint density at radius 2 is 2.06 bits per heavy atom. The second-order valence-electron chi connectivity index (χ2n) is 5.43. The van der Waals surface area contributed by atoms with Gasteiger partial charge in [0.2, 0.25) is 0 Å². The lowest BCUT2D eigenvalue weighted by atomic mass is 9.77. The molecule has 1 aliphatic rings. The molecule has 0 saturated carbocycles. The van der Waals surface area contributed by atoms with Crippen LogP contribution in [0.1, 0.15) is 25.7 Å². The summed E-state index contributed by atoms with van der Waals surface area (Å²) < 4.78 is 15.0. The summed E-state index contributed by atoms with van der Waals surface area (Å²) in [5.41, 5.74) is 1.15. The molecule has 0 radical (unpaired) electrons. The molecule has 1 atom stereocenters. The van der Waals surface area contributed by atoms with Crippen LogP contribution in [0.3, 0.4) is 0 Å². The van der Waals surface area contributed by atoms with Gasteiger partial charge in [-0.3, -0.25) is 0 Å². The Morgan fingerprint density at radius 3 is 2.61 bits per heavy atom. The van der Waals surface area contributed by atoms with Gasteiger partial charge in [-0.2, -0.15) is 0 Å². The molecule has 1 aliphatic heterocycles. The zero-order valence-corrected chi connectivity index (χ0v) is 10.5. The van der Waals surface area contributed by atoms with E-state index in [1.54, 1.807) is 18.3 Å². The highest BCUT2D eigenvalue weighted by Gasteiger charge is 2.41. The maximum absolute atomic E-state index is 13.0. The van der Waals surface area contributed by atoms with Crippen molar-refractivity contribution in [3.8, 4) is 5.69 Å². The number of imidazole rings is 1. The molecule has 94 valence electrons.